The third-order valence-electron chi connectivity index (χ3n) is 2.95. The number of carbonyl (C=O) groups is 2. The minimum atomic E-state index is -3.16. The SMILES string of the molecule is O=C(O)CN(C(=O)c1cccs1)C1CCS(=O)(=O)C1. The van der Waals surface area contributed by atoms with E-state index in [1.807, 2.05) is 0 Å². The highest BCUT2D eigenvalue weighted by Gasteiger charge is 2.36. The monoisotopic (exact) mass is 303 g/mol. The van der Waals surface area contributed by atoms with Crippen LogP contribution >= 0.6 is 11.3 Å². The second-order valence-electron chi connectivity index (χ2n) is 4.36. The number of aliphatic carboxylic acids is 1. The Morgan fingerprint density at radius 2 is 2.21 bits per heavy atom. The van der Waals surface area contributed by atoms with Crippen LogP contribution in [0.4, 0.5) is 0 Å². The fraction of sp³-hybridized carbons (Fsp3) is 0.455. The van der Waals surface area contributed by atoms with E-state index >= 15 is 0 Å². The molecular formula is C11H13NO5S2. The van der Waals surface area contributed by atoms with Crippen molar-refractivity contribution in [2.24, 2.45) is 0 Å². The summed E-state index contributed by atoms with van der Waals surface area (Å²) in [6.07, 6.45) is 0.298. The summed E-state index contributed by atoms with van der Waals surface area (Å²) in [5.41, 5.74) is 0. The van der Waals surface area contributed by atoms with Crippen molar-refractivity contribution in [3.8, 4) is 0 Å². The molecule has 0 radical (unpaired) electrons. The van der Waals surface area contributed by atoms with Crippen LogP contribution in [0.25, 0.3) is 0 Å². The topological polar surface area (TPSA) is 91.8 Å². The standard InChI is InChI=1S/C11H13NO5S2/c13-10(14)6-12(8-3-5-19(16,17)7-8)11(15)9-2-1-4-18-9/h1-2,4,8H,3,5-7H2,(H,13,14). The molecule has 0 bridgehead atoms. The van der Waals surface area contributed by atoms with Gasteiger partial charge in [-0.05, 0) is 17.9 Å². The van der Waals surface area contributed by atoms with Gasteiger partial charge in [0.15, 0.2) is 9.84 Å². The van der Waals surface area contributed by atoms with Gasteiger partial charge in [-0.1, -0.05) is 6.07 Å². The van der Waals surface area contributed by atoms with Gasteiger partial charge in [0.2, 0.25) is 0 Å². The van der Waals surface area contributed by atoms with Gasteiger partial charge in [-0.3, -0.25) is 9.59 Å². The van der Waals surface area contributed by atoms with Crippen molar-refractivity contribution in [2.75, 3.05) is 18.1 Å². The van der Waals surface area contributed by atoms with Crippen molar-refractivity contribution in [3.63, 3.8) is 0 Å². The number of carbonyl (C=O) groups excluding carboxylic acids is 1. The highest BCUT2D eigenvalue weighted by molar-refractivity contribution is 7.91. The first kappa shape index (κ1) is 14.0. The maximum absolute atomic E-state index is 12.2. The smallest absolute Gasteiger partial charge is 0.323 e. The summed E-state index contributed by atoms with van der Waals surface area (Å²) in [6.45, 7) is -0.475. The molecular weight excluding hydrogens is 290 g/mol. The first-order valence-corrected chi connectivity index (χ1v) is 8.36. The average molecular weight is 303 g/mol. The van der Waals surface area contributed by atoms with E-state index in [0.717, 1.165) is 4.90 Å². The molecule has 1 amide bonds. The Kier molecular flexibility index (Phi) is 3.91. The second kappa shape index (κ2) is 5.30. The summed E-state index contributed by atoms with van der Waals surface area (Å²) < 4.78 is 22.9. The highest BCUT2D eigenvalue weighted by Crippen LogP contribution is 2.21. The lowest BCUT2D eigenvalue weighted by Crippen LogP contribution is -2.43. The van der Waals surface area contributed by atoms with Crippen LogP contribution in [0, 0.1) is 0 Å². The number of hydrogen-bond donors (Lipinski definition) is 1. The van der Waals surface area contributed by atoms with E-state index < -0.39 is 34.3 Å². The van der Waals surface area contributed by atoms with Crippen molar-refractivity contribution in [2.45, 2.75) is 12.5 Å². The molecule has 1 saturated heterocycles. The van der Waals surface area contributed by atoms with Crippen LogP contribution in [0.2, 0.25) is 0 Å². The molecule has 2 heterocycles. The normalized spacial score (nSPS) is 21.2. The Hall–Kier alpha value is -1.41. The second-order valence-corrected chi connectivity index (χ2v) is 7.54. The summed E-state index contributed by atoms with van der Waals surface area (Å²) in [5, 5.41) is 10.6. The summed E-state index contributed by atoms with van der Waals surface area (Å²) in [7, 11) is -3.16. The molecule has 0 saturated carbocycles. The summed E-state index contributed by atoms with van der Waals surface area (Å²) in [6, 6.07) is 2.75. The minimum absolute atomic E-state index is 0.00546. The lowest BCUT2D eigenvalue weighted by molar-refractivity contribution is -0.138. The average Bonchev–Trinajstić information content (AvgIpc) is 2.94. The van der Waals surface area contributed by atoms with Gasteiger partial charge in [-0.2, -0.15) is 0 Å². The molecule has 8 heteroatoms. The van der Waals surface area contributed by atoms with Gasteiger partial charge in [0, 0.05) is 6.04 Å². The van der Waals surface area contributed by atoms with Gasteiger partial charge < -0.3 is 10.0 Å². The number of amides is 1. The van der Waals surface area contributed by atoms with Gasteiger partial charge in [0.1, 0.15) is 6.54 Å². The van der Waals surface area contributed by atoms with E-state index in [1.165, 1.54) is 11.3 Å². The number of carboxylic acid groups (broad SMARTS) is 1. The molecule has 1 aromatic rings. The van der Waals surface area contributed by atoms with Gasteiger partial charge >= 0.3 is 5.97 Å². The number of thiophene rings is 1. The molecule has 1 fully saturated rings. The Balaban J connectivity index is 2.21. The molecule has 2 rings (SSSR count). The zero-order valence-electron chi connectivity index (χ0n) is 9.98. The van der Waals surface area contributed by atoms with E-state index in [4.69, 9.17) is 5.11 Å². The predicted molar refractivity (Wildman–Crippen MR) is 70.1 cm³/mol. The van der Waals surface area contributed by atoms with Gasteiger partial charge in [-0.15, -0.1) is 11.3 Å². The first-order valence-electron chi connectivity index (χ1n) is 5.66. The zero-order chi connectivity index (χ0) is 14.0. The number of hydrogen-bond acceptors (Lipinski definition) is 5. The summed E-state index contributed by atoms with van der Waals surface area (Å²) >= 11 is 1.21. The molecule has 19 heavy (non-hydrogen) atoms. The van der Waals surface area contributed by atoms with Crippen molar-refractivity contribution in [1.29, 1.82) is 0 Å². The molecule has 1 atom stereocenters. The molecule has 1 aliphatic rings. The Morgan fingerprint density at radius 3 is 2.68 bits per heavy atom. The lowest BCUT2D eigenvalue weighted by Gasteiger charge is -2.25. The Morgan fingerprint density at radius 1 is 1.47 bits per heavy atom. The van der Waals surface area contributed by atoms with Crippen LogP contribution in [-0.4, -0.2) is 54.4 Å². The van der Waals surface area contributed by atoms with Crippen LogP contribution in [-0.2, 0) is 14.6 Å². The fourth-order valence-electron chi connectivity index (χ4n) is 2.08. The molecule has 104 valence electrons. The molecule has 0 aromatic carbocycles. The number of rotatable bonds is 4. The van der Waals surface area contributed by atoms with E-state index in [1.54, 1.807) is 17.5 Å². The van der Waals surface area contributed by atoms with E-state index in [9.17, 15) is 18.0 Å². The quantitative estimate of drug-likeness (QED) is 0.872. The minimum Gasteiger partial charge on any atom is -0.480 e. The van der Waals surface area contributed by atoms with Gasteiger partial charge in [-0.25, -0.2) is 8.42 Å². The van der Waals surface area contributed by atoms with E-state index in [0.29, 0.717) is 11.3 Å². The molecule has 0 spiro atoms. The van der Waals surface area contributed by atoms with E-state index in [-0.39, 0.29) is 11.5 Å². The first-order chi connectivity index (χ1) is 8.89. The molecule has 1 aliphatic heterocycles. The van der Waals surface area contributed by atoms with Crippen LogP contribution in [0.3, 0.4) is 0 Å². The maximum Gasteiger partial charge on any atom is 0.323 e. The van der Waals surface area contributed by atoms with Crippen LogP contribution in [0.5, 0.6) is 0 Å². The number of carboxylic acids is 1. The third kappa shape index (κ3) is 3.32. The molecule has 1 aromatic heterocycles. The number of nitrogens with zero attached hydrogens (tertiary/aromatic N) is 1. The molecule has 1 unspecified atom stereocenters. The van der Waals surface area contributed by atoms with Crippen LogP contribution in [0.15, 0.2) is 17.5 Å². The maximum atomic E-state index is 12.2. The summed E-state index contributed by atoms with van der Waals surface area (Å²) in [5.74, 6) is -1.71. The van der Waals surface area contributed by atoms with Gasteiger partial charge in [0.25, 0.3) is 5.91 Å². The van der Waals surface area contributed by atoms with Crippen molar-refractivity contribution in [1.82, 2.24) is 4.90 Å². The van der Waals surface area contributed by atoms with Crippen LogP contribution in [0.1, 0.15) is 16.1 Å². The van der Waals surface area contributed by atoms with Crippen molar-refractivity contribution < 1.29 is 23.1 Å². The van der Waals surface area contributed by atoms with Crippen molar-refractivity contribution >= 4 is 33.1 Å². The Labute approximate surface area is 114 Å². The lowest BCUT2D eigenvalue weighted by atomic mass is 10.2. The van der Waals surface area contributed by atoms with E-state index in [2.05, 4.69) is 0 Å². The number of sulfone groups is 1. The van der Waals surface area contributed by atoms with Crippen molar-refractivity contribution in [3.05, 3.63) is 22.4 Å². The molecule has 6 nitrogen and oxygen atoms in total. The molecule has 1 N–H and O–H groups in total. The highest BCUT2D eigenvalue weighted by atomic mass is 32.2. The summed E-state index contributed by atoms with van der Waals surface area (Å²) in [4.78, 5) is 24.7. The van der Waals surface area contributed by atoms with Crippen LogP contribution < -0.4 is 0 Å². The predicted octanol–water partition coefficient (Wildman–Crippen LogP) is 0.462. The molecule has 0 aliphatic carbocycles. The van der Waals surface area contributed by atoms with Gasteiger partial charge in [0.05, 0.1) is 16.4 Å². The zero-order valence-corrected chi connectivity index (χ0v) is 11.6. The third-order valence-corrected chi connectivity index (χ3v) is 5.56. The Bertz CT molecular complexity index is 578. The fourth-order valence-corrected chi connectivity index (χ4v) is 4.49. The largest absolute Gasteiger partial charge is 0.480 e.